The van der Waals surface area contributed by atoms with Crippen LogP contribution in [0.15, 0.2) is 34.8 Å². The predicted octanol–water partition coefficient (Wildman–Crippen LogP) is 4.47. The summed E-state index contributed by atoms with van der Waals surface area (Å²) in [6, 6.07) is 5.31. The van der Waals surface area contributed by atoms with Gasteiger partial charge in [-0.25, -0.2) is 4.79 Å². The van der Waals surface area contributed by atoms with Crippen LogP contribution >= 0.6 is 27.5 Å². The molecule has 0 saturated carbocycles. The molecule has 0 aliphatic carbocycles. The average Bonchev–Trinajstić information content (AvgIpc) is 2.57. The van der Waals surface area contributed by atoms with Crippen molar-refractivity contribution in [3.05, 3.63) is 45.4 Å². The van der Waals surface area contributed by atoms with Crippen molar-refractivity contribution >= 4 is 33.6 Å². The standard InChI is InChI=1S/C13H13BrClNO2/c14-11-6-5-9(15)8-10(11)12-4-2-1-3-7-16(12)13(17)18/h1,3,5-6,8,12H,2,4,7H2,(H,17,18)/t12-/m1/s1. The van der Waals surface area contributed by atoms with Gasteiger partial charge in [0.25, 0.3) is 0 Å². The number of nitrogens with zero attached hydrogens (tertiary/aromatic N) is 1. The maximum Gasteiger partial charge on any atom is 0.408 e. The minimum absolute atomic E-state index is 0.162. The van der Waals surface area contributed by atoms with Gasteiger partial charge in [0.1, 0.15) is 0 Å². The number of allylic oxidation sites excluding steroid dienone is 1. The summed E-state index contributed by atoms with van der Waals surface area (Å²) in [5.41, 5.74) is 0.925. The molecule has 18 heavy (non-hydrogen) atoms. The zero-order chi connectivity index (χ0) is 13.1. The highest BCUT2D eigenvalue weighted by atomic mass is 79.9. The maximum atomic E-state index is 11.3. The molecule has 3 nitrogen and oxygen atoms in total. The second kappa shape index (κ2) is 5.76. The average molecular weight is 331 g/mol. The Morgan fingerprint density at radius 2 is 2.22 bits per heavy atom. The van der Waals surface area contributed by atoms with Crippen molar-refractivity contribution in [2.45, 2.75) is 18.9 Å². The molecule has 0 spiro atoms. The van der Waals surface area contributed by atoms with Crippen LogP contribution in [0.1, 0.15) is 24.4 Å². The van der Waals surface area contributed by atoms with Crippen molar-refractivity contribution in [2.75, 3.05) is 6.54 Å². The first-order chi connectivity index (χ1) is 8.59. The van der Waals surface area contributed by atoms with E-state index in [1.54, 1.807) is 6.07 Å². The minimum atomic E-state index is -0.904. The molecule has 1 heterocycles. The largest absolute Gasteiger partial charge is 0.465 e. The van der Waals surface area contributed by atoms with Gasteiger partial charge < -0.3 is 5.11 Å². The normalized spacial score (nSPS) is 19.7. The first kappa shape index (κ1) is 13.4. The van der Waals surface area contributed by atoms with E-state index in [2.05, 4.69) is 15.9 Å². The van der Waals surface area contributed by atoms with Gasteiger partial charge >= 0.3 is 6.09 Å². The van der Waals surface area contributed by atoms with Crippen molar-refractivity contribution in [1.29, 1.82) is 0 Å². The third kappa shape index (κ3) is 2.87. The molecule has 1 aliphatic heterocycles. The van der Waals surface area contributed by atoms with E-state index < -0.39 is 6.09 Å². The Morgan fingerprint density at radius 1 is 1.44 bits per heavy atom. The number of benzene rings is 1. The van der Waals surface area contributed by atoms with E-state index in [4.69, 9.17) is 11.6 Å². The monoisotopic (exact) mass is 329 g/mol. The van der Waals surface area contributed by atoms with Gasteiger partial charge in [0.15, 0.2) is 0 Å². The molecule has 0 bridgehead atoms. The Hall–Kier alpha value is -1.000. The molecule has 0 fully saturated rings. The van der Waals surface area contributed by atoms with Crippen molar-refractivity contribution in [3.8, 4) is 0 Å². The van der Waals surface area contributed by atoms with E-state index in [-0.39, 0.29) is 6.04 Å². The van der Waals surface area contributed by atoms with Crippen molar-refractivity contribution in [2.24, 2.45) is 0 Å². The first-order valence-corrected chi connectivity index (χ1v) is 6.86. The summed E-state index contributed by atoms with van der Waals surface area (Å²) >= 11 is 9.47. The molecular weight excluding hydrogens is 318 g/mol. The Labute approximate surface area is 119 Å². The lowest BCUT2D eigenvalue weighted by Crippen LogP contribution is -2.33. The maximum absolute atomic E-state index is 11.3. The number of amides is 1. The molecule has 96 valence electrons. The van der Waals surface area contributed by atoms with Gasteiger partial charge in [-0.3, -0.25) is 4.90 Å². The number of hydrogen-bond donors (Lipinski definition) is 1. The van der Waals surface area contributed by atoms with E-state index in [1.165, 1.54) is 4.90 Å². The summed E-state index contributed by atoms with van der Waals surface area (Å²) < 4.78 is 0.894. The van der Waals surface area contributed by atoms with Gasteiger partial charge in [-0.15, -0.1) is 0 Å². The first-order valence-electron chi connectivity index (χ1n) is 5.69. The lowest BCUT2D eigenvalue weighted by molar-refractivity contribution is 0.129. The second-order valence-corrected chi connectivity index (χ2v) is 5.46. The summed E-state index contributed by atoms with van der Waals surface area (Å²) in [7, 11) is 0. The Morgan fingerprint density at radius 3 is 2.94 bits per heavy atom. The van der Waals surface area contributed by atoms with Crippen LogP contribution in [0.25, 0.3) is 0 Å². The SMILES string of the molecule is O=C(O)N1CC=CCC[C@@H]1c1cc(Cl)ccc1Br. The van der Waals surface area contributed by atoms with Gasteiger partial charge in [-0.2, -0.15) is 0 Å². The van der Waals surface area contributed by atoms with Crippen LogP contribution in [0.4, 0.5) is 4.79 Å². The Bertz CT molecular complexity index is 490. The van der Waals surface area contributed by atoms with Crippen LogP contribution in [0.2, 0.25) is 5.02 Å². The van der Waals surface area contributed by atoms with Crippen LogP contribution < -0.4 is 0 Å². The lowest BCUT2D eigenvalue weighted by Gasteiger charge is -2.28. The summed E-state index contributed by atoms with van der Waals surface area (Å²) in [6.07, 6.45) is 4.65. The molecule has 5 heteroatoms. The van der Waals surface area contributed by atoms with Crippen LogP contribution in [0.3, 0.4) is 0 Å². The molecular formula is C13H13BrClNO2. The number of hydrogen-bond acceptors (Lipinski definition) is 1. The summed E-state index contributed by atoms with van der Waals surface area (Å²) in [5, 5.41) is 9.92. The van der Waals surface area contributed by atoms with Crippen molar-refractivity contribution < 1.29 is 9.90 Å². The number of carbonyl (C=O) groups is 1. The lowest BCUT2D eigenvalue weighted by atomic mass is 10.0. The fourth-order valence-corrected chi connectivity index (χ4v) is 2.84. The quantitative estimate of drug-likeness (QED) is 0.772. The molecule has 1 atom stereocenters. The van der Waals surface area contributed by atoms with E-state index in [9.17, 15) is 9.90 Å². The Kier molecular flexibility index (Phi) is 4.30. The topological polar surface area (TPSA) is 40.5 Å². The van der Waals surface area contributed by atoms with E-state index in [1.807, 2.05) is 24.3 Å². The Balaban J connectivity index is 2.39. The molecule has 1 aromatic rings. The van der Waals surface area contributed by atoms with Crippen LogP contribution in [-0.2, 0) is 0 Å². The zero-order valence-electron chi connectivity index (χ0n) is 9.64. The minimum Gasteiger partial charge on any atom is -0.465 e. The summed E-state index contributed by atoms with van der Waals surface area (Å²) in [5.74, 6) is 0. The van der Waals surface area contributed by atoms with Crippen LogP contribution in [0, 0.1) is 0 Å². The third-order valence-corrected chi connectivity index (χ3v) is 3.97. The smallest absolute Gasteiger partial charge is 0.408 e. The number of rotatable bonds is 1. The highest BCUT2D eigenvalue weighted by Crippen LogP contribution is 2.34. The zero-order valence-corrected chi connectivity index (χ0v) is 12.0. The molecule has 0 unspecified atom stereocenters. The van der Waals surface area contributed by atoms with Gasteiger partial charge in [0, 0.05) is 16.0 Å². The van der Waals surface area contributed by atoms with Crippen molar-refractivity contribution in [3.63, 3.8) is 0 Å². The molecule has 0 saturated heterocycles. The molecule has 1 aliphatic rings. The predicted molar refractivity (Wildman–Crippen MR) is 75.0 cm³/mol. The highest BCUT2D eigenvalue weighted by molar-refractivity contribution is 9.10. The summed E-state index contributed by atoms with van der Waals surface area (Å²) in [4.78, 5) is 12.8. The van der Waals surface area contributed by atoms with E-state index in [0.717, 1.165) is 22.9 Å². The third-order valence-electron chi connectivity index (χ3n) is 3.01. The van der Waals surface area contributed by atoms with Gasteiger partial charge in [-0.05, 0) is 36.6 Å². The molecule has 1 N–H and O–H groups in total. The van der Waals surface area contributed by atoms with Gasteiger partial charge in [0.2, 0.25) is 0 Å². The van der Waals surface area contributed by atoms with Crippen LogP contribution in [-0.4, -0.2) is 22.6 Å². The molecule has 1 amide bonds. The molecule has 2 rings (SSSR count). The van der Waals surface area contributed by atoms with Crippen molar-refractivity contribution in [1.82, 2.24) is 4.90 Å². The summed E-state index contributed by atoms with van der Waals surface area (Å²) in [6.45, 7) is 0.416. The number of carboxylic acid groups (broad SMARTS) is 1. The fraction of sp³-hybridized carbons (Fsp3) is 0.308. The van der Waals surface area contributed by atoms with Gasteiger partial charge in [0.05, 0.1) is 6.04 Å². The fourth-order valence-electron chi connectivity index (χ4n) is 2.15. The molecule has 0 radical (unpaired) electrons. The molecule has 0 aromatic heterocycles. The number of halogens is 2. The van der Waals surface area contributed by atoms with E-state index >= 15 is 0 Å². The second-order valence-electron chi connectivity index (χ2n) is 4.17. The van der Waals surface area contributed by atoms with Crippen LogP contribution in [0.5, 0.6) is 0 Å². The van der Waals surface area contributed by atoms with Gasteiger partial charge in [-0.1, -0.05) is 39.7 Å². The highest BCUT2D eigenvalue weighted by Gasteiger charge is 2.26. The molecule has 1 aromatic carbocycles. The van der Waals surface area contributed by atoms with E-state index in [0.29, 0.717) is 11.6 Å².